The molecule has 2 heterocycles. The highest BCUT2D eigenvalue weighted by atomic mass is 16.5. The van der Waals surface area contributed by atoms with Crippen LogP contribution in [0.4, 0.5) is 4.79 Å². The molecular formula is C17H16N4O3. The Labute approximate surface area is 139 Å². The molecule has 122 valence electrons. The summed E-state index contributed by atoms with van der Waals surface area (Å²) in [5, 5.41) is 20.6. The first-order chi connectivity index (χ1) is 11.6. The fourth-order valence-electron chi connectivity index (χ4n) is 3.19. The average molecular weight is 324 g/mol. The lowest BCUT2D eigenvalue weighted by Crippen LogP contribution is -2.47. The van der Waals surface area contributed by atoms with Crippen molar-refractivity contribution >= 4 is 11.9 Å². The van der Waals surface area contributed by atoms with Crippen molar-refractivity contribution in [2.75, 3.05) is 13.2 Å². The molecule has 1 saturated heterocycles. The predicted octanol–water partition coefficient (Wildman–Crippen LogP) is 1.66. The summed E-state index contributed by atoms with van der Waals surface area (Å²) in [4.78, 5) is 26.5. The number of benzene rings is 1. The van der Waals surface area contributed by atoms with Crippen LogP contribution in [0.25, 0.3) is 0 Å². The van der Waals surface area contributed by atoms with Gasteiger partial charge in [0.05, 0.1) is 24.7 Å². The Morgan fingerprint density at radius 1 is 1.33 bits per heavy atom. The van der Waals surface area contributed by atoms with Gasteiger partial charge in [0.1, 0.15) is 5.75 Å². The van der Waals surface area contributed by atoms with Gasteiger partial charge in [0.2, 0.25) is 0 Å². The normalized spacial score (nSPS) is 23.0. The Kier molecular flexibility index (Phi) is 4.09. The number of hydrogen-bond donors (Lipinski definition) is 1. The summed E-state index contributed by atoms with van der Waals surface area (Å²) in [6.07, 6.45) is 0.890. The first-order valence-corrected chi connectivity index (χ1v) is 7.75. The summed E-state index contributed by atoms with van der Waals surface area (Å²) < 4.78 is 5.57. The van der Waals surface area contributed by atoms with E-state index in [1.165, 1.54) is 0 Å². The van der Waals surface area contributed by atoms with Crippen molar-refractivity contribution < 1.29 is 14.3 Å². The van der Waals surface area contributed by atoms with Crippen molar-refractivity contribution in [1.29, 1.82) is 10.5 Å². The molecule has 1 N–H and O–H groups in total. The molecule has 3 amide bonds. The summed E-state index contributed by atoms with van der Waals surface area (Å²) in [7, 11) is 0. The first-order valence-electron chi connectivity index (χ1n) is 7.75. The highest BCUT2D eigenvalue weighted by Crippen LogP contribution is 2.41. The number of ether oxygens (including phenoxy) is 1. The number of urea groups is 1. The van der Waals surface area contributed by atoms with Crippen LogP contribution in [0.3, 0.4) is 0 Å². The number of para-hydroxylation sites is 1. The van der Waals surface area contributed by atoms with Crippen molar-refractivity contribution in [2.24, 2.45) is 5.92 Å². The molecule has 2 aliphatic rings. The van der Waals surface area contributed by atoms with Crippen LogP contribution in [-0.4, -0.2) is 30.0 Å². The second-order valence-corrected chi connectivity index (χ2v) is 5.87. The van der Waals surface area contributed by atoms with Crippen LogP contribution in [0.15, 0.2) is 24.3 Å². The quantitative estimate of drug-likeness (QED) is 0.848. The molecule has 1 fully saturated rings. The molecular weight excluding hydrogens is 308 g/mol. The van der Waals surface area contributed by atoms with Gasteiger partial charge in [-0.15, -0.1) is 0 Å². The third-order valence-electron chi connectivity index (χ3n) is 4.45. The Hall–Kier alpha value is -3.06. The fraction of sp³-hybridized carbons (Fsp3) is 0.412. The summed E-state index contributed by atoms with van der Waals surface area (Å²) in [6.45, 7) is 0.320. The molecule has 2 aliphatic heterocycles. The maximum Gasteiger partial charge on any atom is 0.325 e. The third-order valence-corrected chi connectivity index (χ3v) is 4.45. The molecule has 2 atom stereocenters. The van der Waals surface area contributed by atoms with Gasteiger partial charge in [-0.25, -0.2) is 4.79 Å². The number of carbonyl (C=O) groups excluding carboxylic acids is 2. The van der Waals surface area contributed by atoms with Crippen molar-refractivity contribution in [3.63, 3.8) is 0 Å². The second kappa shape index (κ2) is 6.21. The molecule has 2 unspecified atom stereocenters. The van der Waals surface area contributed by atoms with E-state index in [0.29, 0.717) is 30.8 Å². The number of carbonyl (C=O) groups is 2. The average Bonchev–Trinajstić information content (AvgIpc) is 2.83. The van der Waals surface area contributed by atoms with E-state index in [2.05, 4.69) is 11.4 Å². The van der Waals surface area contributed by atoms with E-state index in [1.54, 1.807) is 18.2 Å². The van der Waals surface area contributed by atoms with Gasteiger partial charge in [-0.05, 0) is 12.5 Å². The summed E-state index contributed by atoms with van der Waals surface area (Å²) in [6, 6.07) is 10.7. The number of nitrogens with one attached hydrogen (secondary N) is 1. The molecule has 3 rings (SSSR count). The van der Waals surface area contributed by atoms with Crippen LogP contribution in [-0.2, 0) is 10.3 Å². The van der Waals surface area contributed by atoms with Gasteiger partial charge in [-0.1, -0.05) is 18.2 Å². The van der Waals surface area contributed by atoms with Gasteiger partial charge in [0.15, 0.2) is 5.54 Å². The summed E-state index contributed by atoms with van der Waals surface area (Å²) in [5.74, 6) is -0.328. The second-order valence-electron chi connectivity index (χ2n) is 5.87. The zero-order valence-electron chi connectivity index (χ0n) is 13.0. The maximum atomic E-state index is 13.0. The Bertz CT molecular complexity index is 764. The molecule has 0 aromatic heterocycles. The number of nitriles is 2. The molecule has 0 saturated carbocycles. The van der Waals surface area contributed by atoms with Crippen molar-refractivity contribution in [3.8, 4) is 17.9 Å². The standard InChI is InChI=1S/C17H16N4O3/c18-8-3-4-12(10-19)11-21-15(22)17(20-16(21)23)7-9-24-14-6-2-1-5-13(14)17/h1-2,5-6,12H,3-4,7,9,11H2,(H,20,23). The Morgan fingerprint density at radius 3 is 2.88 bits per heavy atom. The van der Waals surface area contributed by atoms with Gasteiger partial charge >= 0.3 is 6.03 Å². The minimum atomic E-state index is -1.12. The maximum absolute atomic E-state index is 13.0. The van der Waals surface area contributed by atoms with Crippen LogP contribution >= 0.6 is 0 Å². The summed E-state index contributed by atoms with van der Waals surface area (Å²) in [5.41, 5.74) is -0.483. The Morgan fingerprint density at radius 2 is 2.12 bits per heavy atom. The molecule has 1 aromatic carbocycles. The van der Waals surface area contributed by atoms with Crippen molar-refractivity contribution in [1.82, 2.24) is 10.2 Å². The highest BCUT2D eigenvalue weighted by Gasteiger charge is 2.55. The predicted molar refractivity (Wildman–Crippen MR) is 82.4 cm³/mol. The van der Waals surface area contributed by atoms with Crippen LogP contribution in [0.5, 0.6) is 5.75 Å². The molecule has 7 heteroatoms. The minimum Gasteiger partial charge on any atom is -0.493 e. The van der Waals surface area contributed by atoms with E-state index in [0.717, 1.165) is 4.90 Å². The van der Waals surface area contributed by atoms with E-state index in [1.807, 2.05) is 12.1 Å². The SMILES string of the molecule is N#CCCC(C#N)CN1C(=O)NC2(CCOc3ccccc32)C1=O. The molecule has 1 spiro atoms. The number of fused-ring (bicyclic) bond motifs is 2. The number of imide groups is 1. The highest BCUT2D eigenvalue weighted by molar-refractivity contribution is 6.08. The lowest BCUT2D eigenvalue weighted by atomic mass is 9.84. The molecule has 0 aliphatic carbocycles. The molecule has 0 bridgehead atoms. The van der Waals surface area contributed by atoms with Crippen molar-refractivity contribution in [3.05, 3.63) is 29.8 Å². The van der Waals surface area contributed by atoms with Crippen molar-refractivity contribution in [2.45, 2.75) is 24.8 Å². The van der Waals surface area contributed by atoms with E-state index < -0.39 is 17.5 Å². The van der Waals surface area contributed by atoms with E-state index in [9.17, 15) is 14.9 Å². The van der Waals surface area contributed by atoms with E-state index >= 15 is 0 Å². The van der Waals surface area contributed by atoms with Gasteiger partial charge < -0.3 is 10.1 Å². The van der Waals surface area contributed by atoms with Gasteiger partial charge in [0, 0.05) is 24.9 Å². The molecule has 24 heavy (non-hydrogen) atoms. The van der Waals surface area contributed by atoms with Gasteiger partial charge in [-0.2, -0.15) is 10.5 Å². The molecule has 7 nitrogen and oxygen atoms in total. The van der Waals surface area contributed by atoms with Crippen LogP contribution in [0, 0.1) is 28.6 Å². The number of hydrogen-bond acceptors (Lipinski definition) is 5. The molecule has 0 radical (unpaired) electrons. The lowest BCUT2D eigenvalue weighted by molar-refractivity contribution is -0.133. The zero-order valence-corrected chi connectivity index (χ0v) is 13.0. The minimum absolute atomic E-state index is 0.00633. The van der Waals surface area contributed by atoms with Gasteiger partial charge in [-0.3, -0.25) is 9.69 Å². The lowest BCUT2D eigenvalue weighted by Gasteiger charge is -2.33. The summed E-state index contributed by atoms with van der Waals surface area (Å²) >= 11 is 0. The topological polar surface area (TPSA) is 106 Å². The zero-order chi connectivity index (χ0) is 17.2. The third kappa shape index (κ3) is 2.44. The Balaban J connectivity index is 1.88. The largest absolute Gasteiger partial charge is 0.493 e. The van der Waals surface area contributed by atoms with Gasteiger partial charge in [0.25, 0.3) is 5.91 Å². The molecule has 1 aromatic rings. The number of nitrogens with zero attached hydrogens (tertiary/aromatic N) is 3. The smallest absolute Gasteiger partial charge is 0.325 e. The fourth-order valence-corrected chi connectivity index (χ4v) is 3.19. The number of amides is 3. The first kappa shape index (κ1) is 15.8. The monoisotopic (exact) mass is 324 g/mol. The van der Waals surface area contributed by atoms with E-state index in [4.69, 9.17) is 10.00 Å². The van der Waals surface area contributed by atoms with E-state index in [-0.39, 0.29) is 18.9 Å². The number of rotatable bonds is 4. The van der Waals surface area contributed by atoms with Crippen LogP contribution < -0.4 is 10.1 Å². The van der Waals surface area contributed by atoms with Crippen LogP contribution in [0.2, 0.25) is 0 Å². The van der Waals surface area contributed by atoms with Crippen LogP contribution in [0.1, 0.15) is 24.8 Å².